The molecule has 0 atom stereocenters. The van der Waals surface area contributed by atoms with Gasteiger partial charge in [-0.25, -0.2) is 9.37 Å². The minimum atomic E-state index is -0.354. The van der Waals surface area contributed by atoms with Crippen molar-refractivity contribution in [3.8, 4) is 5.75 Å². The fourth-order valence-corrected chi connectivity index (χ4v) is 2.64. The molecule has 2 aromatic carbocycles. The number of hydrogen-bond acceptors (Lipinski definition) is 4. The molecular formula is C21H20FN3O2. The van der Waals surface area contributed by atoms with Gasteiger partial charge in [-0.2, -0.15) is 0 Å². The highest BCUT2D eigenvalue weighted by Gasteiger charge is 2.06. The largest absolute Gasteiger partial charge is 0.496 e. The lowest BCUT2D eigenvalue weighted by atomic mass is 10.1. The molecule has 138 valence electrons. The molecule has 0 radical (unpaired) electrons. The number of nitrogens with zero attached hydrogens (tertiary/aromatic N) is 1. The zero-order valence-corrected chi connectivity index (χ0v) is 14.9. The van der Waals surface area contributed by atoms with Gasteiger partial charge in [0.05, 0.1) is 25.4 Å². The van der Waals surface area contributed by atoms with Crippen LogP contribution in [0.3, 0.4) is 0 Å². The van der Waals surface area contributed by atoms with Crippen LogP contribution in [0.5, 0.6) is 5.75 Å². The maximum Gasteiger partial charge on any atom is 0.228 e. The predicted octanol–water partition coefficient (Wildman–Crippen LogP) is 4.02. The van der Waals surface area contributed by atoms with Crippen molar-refractivity contribution >= 4 is 17.4 Å². The molecular weight excluding hydrogens is 345 g/mol. The summed E-state index contributed by atoms with van der Waals surface area (Å²) in [7, 11) is 1.64. The number of methoxy groups -OCH3 is 1. The number of para-hydroxylation sites is 1. The molecule has 3 aromatic rings. The second kappa shape index (κ2) is 8.80. The molecule has 6 heteroatoms. The first kappa shape index (κ1) is 18.4. The van der Waals surface area contributed by atoms with Crippen molar-refractivity contribution in [3.63, 3.8) is 0 Å². The lowest BCUT2D eigenvalue weighted by molar-refractivity contribution is -0.115. The zero-order chi connectivity index (χ0) is 19.1. The summed E-state index contributed by atoms with van der Waals surface area (Å²) in [4.78, 5) is 16.4. The fourth-order valence-electron chi connectivity index (χ4n) is 2.64. The Balaban J connectivity index is 1.54. The number of aromatic nitrogens is 1. The predicted molar refractivity (Wildman–Crippen MR) is 103 cm³/mol. The number of amides is 1. The monoisotopic (exact) mass is 365 g/mol. The molecule has 0 aliphatic carbocycles. The van der Waals surface area contributed by atoms with Crippen molar-refractivity contribution in [1.29, 1.82) is 0 Å². The summed E-state index contributed by atoms with van der Waals surface area (Å²) in [6.07, 6.45) is 1.68. The van der Waals surface area contributed by atoms with Crippen LogP contribution in [0.2, 0.25) is 0 Å². The summed E-state index contributed by atoms with van der Waals surface area (Å²) in [5, 5.41) is 5.97. The molecule has 5 nitrogen and oxygen atoms in total. The van der Waals surface area contributed by atoms with E-state index in [9.17, 15) is 9.18 Å². The van der Waals surface area contributed by atoms with E-state index in [4.69, 9.17) is 4.74 Å². The fraction of sp³-hybridized carbons (Fsp3) is 0.143. The SMILES string of the molecule is COc1ccccc1CNc1ccc(NC(=O)Cc2cccc(F)c2)cn1. The zero-order valence-electron chi connectivity index (χ0n) is 14.9. The van der Waals surface area contributed by atoms with Crippen molar-refractivity contribution in [2.75, 3.05) is 17.7 Å². The average molecular weight is 365 g/mol. The Hall–Kier alpha value is -3.41. The van der Waals surface area contributed by atoms with Crippen molar-refractivity contribution in [1.82, 2.24) is 4.98 Å². The summed E-state index contributed by atoms with van der Waals surface area (Å²) in [6, 6.07) is 17.3. The minimum absolute atomic E-state index is 0.103. The molecule has 0 aliphatic rings. The van der Waals surface area contributed by atoms with Gasteiger partial charge in [0.2, 0.25) is 5.91 Å². The maximum atomic E-state index is 13.2. The van der Waals surface area contributed by atoms with Crippen LogP contribution in [0.4, 0.5) is 15.9 Å². The molecule has 0 unspecified atom stereocenters. The molecule has 0 fully saturated rings. The quantitative estimate of drug-likeness (QED) is 0.664. The number of carbonyl (C=O) groups is 1. The number of rotatable bonds is 7. The Kier molecular flexibility index (Phi) is 5.99. The van der Waals surface area contributed by atoms with Gasteiger partial charge in [0, 0.05) is 12.1 Å². The summed E-state index contributed by atoms with van der Waals surface area (Å²) in [5.41, 5.74) is 2.23. The highest BCUT2D eigenvalue weighted by Crippen LogP contribution is 2.19. The standard InChI is InChI=1S/C21H20FN3O2/c1-27-19-8-3-2-6-16(19)13-23-20-10-9-18(14-24-20)25-21(26)12-15-5-4-7-17(22)11-15/h2-11,14H,12-13H2,1H3,(H,23,24)(H,25,26). The number of halogens is 1. The van der Waals surface area contributed by atoms with E-state index in [0.29, 0.717) is 23.6 Å². The van der Waals surface area contributed by atoms with Crippen LogP contribution in [-0.4, -0.2) is 18.0 Å². The highest BCUT2D eigenvalue weighted by atomic mass is 19.1. The molecule has 27 heavy (non-hydrogen) atoms. The maximum absolute atomic E-state index is 13.2. The molecule has 3 rings (SSSR count). The first-order valence-corrected chi connectivity index (χ1v) is 8.50. The number of benzene rings is 2. The van der Waals surface area contributed by atoms with Gasteiger partial charge >= 0.3 is 0 Å². The Morgan fingerprint density at radius 3 is 2.70 bits per heavy atom. The van der Waals surface area contributed by atoms with Gasteiger partial charge in [0.1, 0.15) is 17.4 Å². The third-order valence-electron chi connectivity index (χ3n) is 3.95. The van der Waals surface area contributed by atoms with E-state index in [2.05, 4.69) is 15.6 Å². The molecule has 0 saturated heterocycles. The number of pyridine rings is 1. The summed E-state index contributed by atoms with van der Waals surface area (Å²) >= 11 is 0. The molecule has 0 saturated carbocycles. The molecule has 1 heterocycles. The summed E-state index contributed by atoms with van der Waals surface area (Å²) in [5.74, 6) is 0.917. The second-order valence-electron chi connectivity index (χ2n) is 5.95. The number of hydrogen-bond donors (Lipinski definition) is 2. The van der Waals surface area contributed by atoms with Crippen molar-refractivity contribution in [3.05, 3.63) is 83.8 Å². The van der Waals surface area contributed by atoms with E-state index in [1.165, 1.54) is 12.1 Å². The number of ether oxygens (including phenoxy) is 1. The Labute approximate surface area is 157 Å². The summed E-state index contributed by atoms with van der Waals surface area (Å²) < 4.78 is 18.5. The van der Waals surface area contributed by atoms with Crippen molar-refractivity contribution in [2.24, 2.45) is 0 Å². The van der Waals surface area contributed by atoms with Gasteiger partial charge in [0.25, 0.3) is 0 Å². The van der Waals surface area contributed by atoms with E-state index in [1.54, 1.807) is 37.6 Å². The lowest BCUT2D eigenvalue weighted by Crippen LogP contribution is -2.14. The van der Waals surface area contributed by atoms with Gasteiger partial charge in [-0.1, -0.05) is 30.3 Å². The Morgan fingerprint density at radius 2 is 1.96 bits per heavy atom. The van der Waals surface area contributed by atoms with E-state index in [0.717, 1.165) is 11.3 Å². The number of anilines is 2. The molecule has 0 bridgehead atoms. The molecule has 2 N–H and O–H groups in total. The highest BCUT2D eigenvalue weighted by molar-refractivity contribution is 5.92. The van der Waals surface area contributed by atoms with Gasteiger partial charge < -0.3 is 15.4 Å². The molecule has 1 aromatic heterocycles. The van der Waals surface area contributed by atoms with Crippen LogP contribution < -0.4 is 15.4 Å². The van der Waals surface area contributed by atoms with Crippen LogP contribution in [0.1, 0.15) is 11.1 Å². The van der Waals surface area contributed by atoms with Crippen LogP contribution in [0, 0.1) is 5.82 Å². The third-order valence-corrected chi connectivity index (χ3v) is 3.95. The van der Waals surface area contributed by atoms with Crippen molar-refractivity contribution in [2.45, 2.75) is 13.0 Å². The first-order valence-electron chi connectivity index (χ1n) is 8.50. The number of carbonyl (C=O) groups excluding carboxylic acids is 1. The van der Waals surface area contributed by atoms with E-state index < -0.39 is 0 Å². The molecule has 0 aliphatic heterocycles. The first-order chi connectivity index (χ1) is 13.1. The van der Waals surface area contributed by atoms with Crippen LogP contribution in [0.25, 0.3) is 0 Å². The van der Waals surface area contributed by atoms with Crippen molar-refractivity contribution < 1.29 is 13.9 Å². The smallest absolute Gasteiger partial charge is 0.228 e. The number of nitrogens with one attached hydrogen (secondary N) is 2. The molecule has 0 spiro atoms. The van der Waals surface area contributed by atoms with E-state index in [1.807, 2.05) is 24.3 Å². The average Bonchev–Trinajstić information content (AvgIpc) is 2.67. The lowest BCUT2D eigenvalue weighted by Gasteiger charge is -2.10. The Morgan fingerprint density at radius 1 is 1.11 bits per heavy atom. The van der Waals surface area contributed by atoms with E-state index >= 15 is 0 Å². The molecule has 1 amide bonds. The third kappa shape index (κ3) is 5.28. The summed E-state index contributed by atoms with van der Waals surface area (Å²) in [6.45, 7) is 0.572. The van der Waals surface area contributed by atoms with Crippen LogP contribution in [0.15, 0.2) is 66.9 Å². The van der Waals surface area contributed by atoms with Gasteiger partial charge in [-0.15, -0.1) is 0 Å². The van der Waals surface area contributed by atoms with Crippen LogP contribution >= 0.6 is 0 Å². The minimum Gasteiger partial charge on any atom is -0.496 e. The topological polar surface area (TPSA) is 63.2 Å². The van der Waals surface area contributed by atoms with E-state index in [-0.39, 0.29) is 18.1 Å². The Bertz CT molecular complexity index is 913. The van der Waals surface area contributed by atoms with Gasteiger partial charge in [-0.3, -0.25) is 4.79 Å². The van der Waals surface area contributed by atoms with Crippen LogP contribution in [-0.2, 0) is 17.8 Å². The second-order valence-corrected chi connectivity index (χ2v) is 5.95. The van der Waals surface area contributed by atoms with Gasteiger partial charge in [0.15, 0.2) is 0 Å². The van der Waals surface area contributed by atoms with Gasteiger partial charge in [-0.05, 0) is 35.9 Å². The normalized spacial score (nSPS) is 10.3.